The first-order chi connectivity index (χ1) is 46.0. The molecule has 4 aromatic carbocycles. The van der Waals surface area contributed by atoms with Crippen LogP contribution in [0.4, 0.5) is 17.1 Å². The molecular weight excluding hydrogens is 1310 g/mol. The molecule has 0 unspecified atom stereocenters. The minimum absolute atomic E-state index is 0.0476. The van der Waals surface area contributed by atoms with Gasteiger partial charge in [0.15, 0.2) is 0 Å². The first kappa shape index (κ1) is 88.7. The van der Waals surface area contributed by atoms with Crippen LogP contribution in [0.1, 0.15) is 29.7 Å². The number of methoxy groups -OCH3 is 1. The second kappa shape index (κ2) is 60.5. The molecule has 0 atom stereocenters. The molecule has 23 nitrogen and oxygen atoms in total. The van der Waals surface area contributed by atoms with Crippen LogP contribution in [0.5, 0.6) is 0 Å². The van der Waals surface area contributed by atoms with E-state index in [-0.39, 0.29) is 51.6 Å². The number of nitrogens with zero attached hydrogens (tertiary/aromatic N) is 7. The van der Waals surface area contributed by atoms with Gasteiger partial charge in [-0.3, -0.25) is 63.4 Å². The van der Waals surface area contributed by atoms with Crippen molar-refractivity contribution >= 4 is 108 Å². The average Bonchev–Trinajstić information content (AvgIpc) is 1.57. The van der Waals surface area contributed by atoms with Gasteiger partial charge in [-0.2, -0.15) is 23.5 Å². The number of likely N-dealkylation sites (N-methyl/N-ethyl adjacent to an activating group) is 1. The van der Waals surface area contributed by atoms with Crippen molar-refractivity contribution in [3.8, 4) is 0 Å². The summed E-state index contributed by atoms with van der Waals surface area (Å²) < 4.78 is 9.59. The smallest absolute Gasteiger partial charge is 0.323 e. The van der Waals surface area contributed by atoms with E-state index in [1.807, 2.05) is 214 Å². The number of nitrogens with two attached hydrogens (primary N) is 1. The lowest BCUT2D eigenvalue weighted by Crippen LogP contribution is -2.24. The maximum Gasteiger partial charge on any atom is 0.323 e. The van der Waals surface area contributed by atoms with Crippen LogP contribution >= 0.6 is 43.2 Å². The van der Waals surface area contributed by atoms with Gasteiger partial charge in [-0.05, 0) is 137 Å². The highest BCUT2D eigenvalue weighted by Gasteiger charge is 2.12. The topological polar surface area (TPSA) is 356 Å². The molecule has 516 valence electrons. The second-order valence-electron chi connectivity index (χ2n) is 18.8. The number of anilines is 2. The Morgan fingerprint density at radius 2 is 0.927 bits per heavy atom. The number of rotatable bonds is 22. The van der Waals surface area contributed by atoms with Gasteiger partial charge in [-0.15, -0.1) is 19.7 Å². The SMILES string of the molecule is C(=Nc1ccccc1)c1ccccn1.CC(=O)OCc1ccccn1.CN(C)CC(=O)O.COCc1ccccn1.CP(C)CC(=O)O.CSCC(=O)O.CSCc1ccccn1.NCC(=O)O.O=C(O)CN(c1ccccc1)c1ccccc1.O=C(O)CSc1ccccc1. The number of carbonyl (C=O) groups is 7. The van der Waals surface area contributed by atoms with E-state index < -0.39 is 35.8 Å². The third-order valence-corrected chi connectivity index (χ3v) is 12.9. The number of aliphatic carboxylic acids is 6. The second-order valence-corrected chi connectivity index (χ2v) is 24.0. The van der Waals surface area contributed by atoms with Crippen molar-refractivity contribution in [1.29, 1.82) is 0 Å². The number of carbonyl (C=O) groups excluding carboxylic acids is 1. The van der Waals surface area contributed by atoms with Gasteiger partial charge in [0, 0.05) is 60.8 Å². The van der Waals surface area contributed by atoms with Crippen LogP contribution in [-0.2, 0) is 62.0 Å². The lowest BCUT2D eigenvalue weighted by molar-refractivity contribution is -0.142. The number of hydrogen-bond donors (Lipinski definition) is 7. The van der Waals surface area contributed by atoms with Crippen LogP contribution in [0.25, 0.3) is 0 Å². The molecule has 4 heterocycles. The fraction of sp³-hybridized carbons (Fsp3) is 0.246. The molecule has 4 aromatic heterocycles. The standard InChI is InChI=1S/C14H13NO2.C12H10N2.C8H9NO2.C8H8O2S.C7H9NO.C7H9NS.C4H9NO2.C4H9O2P.C3H6O2S.C2H5NO2/c16-14(17)11-15(12-7-3-1-4-8-12)13-9-5-2-6-10-13;1-2-6-11(7-3-1)14-10-12-8-4-5-9-13-12;1-7(10)11-6-8-4-2-3-5-9-8;9-8(10)6-11-7-4-2-1-3-5-7;2*1-9-6-7-4-2-3-5-8-7;1-5(2)3-4(6)7;1-7(2)3-4(5)6;1-6-2-3(4)5;3-1-2(4)5/h1-10H,11H2,(H,16,17);1-10H;2-5H,6H2,1H3;1-5H,6H2,(H,9,10);2*2-5H,6H2,1H3;3H2,1-2H3,(H,6,7);3H2,1-2H3,(H,5,6);2H2,1H3,(H,4,5);1,3H2,(H,4,5). The number of aliphatic imine (C=N–C) groups is 1. The number of carboxylic acid groups (broad SMARTS) is 6. The number of ether oxygens (including phenoxy) is 2. The number of esters is 1. The Labute approximate surface area is 576 Å². The molecule has 8 N–H and O–H groups in total. The summed E-state index contributed by atoms with van der Waals surface area (Å²) in [5.74, 6) is -3.74. The number of benzene rings is 4. The fourth-order valence-corrected chi connectivity index (χ4v) is 7.93. The summed E-state index contributed by atoms with van der Waals surface area (Å²) in [4.78, 5) is 94.8. The third-order valence-electron chi connectivity index (χ3n) is 9.86. The van der Waals surface area contributed by atoms with E-state index in [1.165, 1.54) is 30.4 Å². The van der Waals surface area contributed by atoms with Gasteiger partial charge >= 0.3 is 41.8 Å². The fourth-order valence-electron chi connectivity index (χ4n) is 6.04. The maximum atomic E-state index is 10.9. The number of hydrogen-bond acceptors (Lipinski definition) is 20. The van der Waals surface area contributed by atoms with Crippen molar-refractivity contribution in [1.82, 2.24) is 24.8 Å². The van der Waals surface area contributed by atoms with Crippen LogP contribution in [0.3, 0.4) is 0 Å². The summed E-state index contributed by atoms with van der Waals surface area (Å²) in [5.41, 5.74) is 11.0. The first-order valence-electron chi connectivity index (χ1n) is 28.6. The Kier molecular flexibility index (Phi) is 55.9. The molecule has 8 rings (SSSR count). The minimum atomic E-state index is -0.968. The lowest BCUT2D eigenvalue weighted by Gasteiger charge is -2.22. The van der Waals surface area contributed by atoms with Gasteiger partial charge in [-0.25, -0.2) is 0 Å². The summed E-state index contributed by atoms with van der Waals surface area (Å²) >= 11 is 4.43. The van der Waals surface area contributed by atoms with E-state index in [2.05, 4.69) is 36.9 Å². The van der Waals surface area contributed by atoms with Crippen molar-refractivity contribution in [3.05, 3.63) is 242 Å². The molecule has 0 saturated carbocycles. The number of thioether (sulfide) groups is 3. The number of para-hydroxylation sites is 3. The third kappa shape index (κ3) is 58.4. The van der Waals surface area contributed by atoms with E-state index in [1.54, 1.807) is 73.8 Å². The number of carboxylic acids is 6. The van der Waals surface area contributed by atoms with Gasteiger partial charge in [0.05, 0.1) is 72.0 Å². The van der Waals surface area contributed by atoms with Gasteiger partial charge in [0.2, 0.25) is 0 Å². The molecule has 0 fully saturated rings. The largest absolute Gasteiger partial charge is 0.481 e. The highest BCUT2D eigenvalue weighted by molar-refractivity contribution is 8.00. The Morgan fingerprint density at radius 1 is 0.510 bits per heavy atom. The zero-order valence-corrected chi connectivity index (χ0v) is 58.3. The monoisotopic (exact) mass is 1390 g/mol. The molecule has 0 saturated heterocycles. The van der Waals surface area contributed by atoms with Crippen LogP contribution in [-0.4, -0.2) is 188 Å². The Balaban J connectivity index is 0. The normalized spacial score (nSPS) is 9.49. The summed E-state index contributed by atoms with van der Waals surface area (Å²) in [5, 5.41) is 49.0. The van der Waals surface area contributed by atoms with Crippen molar-refractivity contribution in [2.24, 2.45) is 10.7 Å². The van der Waals surface area contributed by atoms with Gasteiger partial charge < -0.3 is 50.7 Å². The van der Waals surface area contributed by atoms with Crippen LogP contribution < -0.4 is 10.6 Å². The van der Waals surface area contributed by atoms with E-state index >= 15 is 0 Å². The summed E-state index contributed by atoms with van der Waals surface area (Å²) in [7, 11) is 4.85. The van der Waals surface area contributed by atoms with Crippen molar-refractivity contribution in [3.63, 3.8) is 0 Å². The van der Waals surface area contributed by atoms with E-state index in [0.29, 0.717) is 12.8 Å². The lowest BCUT2D eigenvalue weighted by atomic mass is 10.2. The molecule has 8 aromatic rings. The summed E-state index contributed by atoms with van der Waals surface area (Å²) in [6, 6.07) is 61.3. The molecule has 96 heavy (non-hydrogen) atoms. The van der Waals surface area contributed by atoms with Crippen LogP contribution in [0.15, 0.2) is 229 Å². The zero-order chi connectivity index (χ0) is 72.0. The van der Waals surface area contributed by atoms with Crippen molar-refractivity contribution in [2.45, 2.75) is 30.8 Å². The Bertz CT molecular complexity index is 3090. The van der Waals surface area contributed by atoms with Gasteiger partial charge in [0.25, 0.3) is 0 Å². The Morgan fingerprint density at radius 3 is 1.24 bits per heavy atom. The van der Waals surface area contributed by atoms with Crippen LogP contribution in [0.2, 0.25) is 0 Å². The molecule has 0 radical (unpaired) electrons. The van der Waals surface area contributed by atoms with E-state index in [9.17, 15) is 33.6 Å². The molecule has 0 amide bonds. The van der Waals surface area contributed by atoms with E-state index in [4.69, 9.17) is 40.1 Å². The molecule has 0 spiro atoms. The highest BCUT2D eigenvalue weighted by Crippen LogP contribution is 2.24. The molecule has 0 aliphatic heterocycles. The predicted molar refractivity (Wildman–Crippen MR) is 387 cm³/mol. The average molecular weight is 1400 g/mol. The van der Waals surface area contributed by atoms with Gasteiger partial charge in [0.1, 0.15) is 13.2 Å². The van der Waals surface area contributed by atoms with Crippen LogP contribution in [0, 0.1) is 0 Å². The maximum absolute atomic E-state index is 10.9. The van der Waals surface area contributed by atoms with Gasteiger partial charge in [-0.1, -0.05) is 97.1 Å². The molecule has 0 bridgehead atoms. The zero-order valence-electron chi connectivity index (χ0n) is 55.0. The Hall–Kier alpha value is -9.40. The highest BCUT2D eigenvalue weighted by atomic mass is 32.2. The van der Waals surface area contributed by atoms with Crippen molar-refractivity contribution < 1.29 is 73.7 Å². The summed E-state index contributed by atoms with van der Waals surface area (Å²) in [6.07, 6.45) is 12.9. The van der Waals surface area contributed by atoms with E-state index in [0.717, 1.165) is 50.5 Å². The minimum Gasteiger partial charge on any atom is -0.481 e. The van der Waals surface area contributed by atoms with Crippen molar-refractivity contribution in [2.75, 3.05) is 89.2 Å². The quantitative estimate of drug-likeness (QED) is 0.0143. The molecule has 0 aliphatic carbocycles. The first-order valence-corrected chi connectivity index (χ1v) is 34.8. The summed E-state index contributed by atoms with van der Waals surface area (Å²) in [6.45, 7) is 5.92. The molecular formula is C69H87N8O15PS3. The number of aromatic nitrogens is 4. The molecule has 27 heteroatoms. The number of pyridine rings is 4. The molecule has 0 aliphatic rings. The predicted octanol–water partition coefficient (Wildman–Crippen LogP) is 11.8.